The van der Waals surface area contributed by atoms with Crippen molar-refractivity contribution in [3.8, 4) is 51.1 Å². The molecule has 0 N–H and O–H groups in total. The van der Waals surface area contributed by atoms with E-state index in [4.69, 9.17) is 4.98 Å². The third-order valence-corrected chi connectivity index (χ3v) is 10.1. The Kier molecular flexibility index (Phi) is 6.84. The van der Waals surface area contributed by atoms with Gasteiger partial charge in [0.2, 0.25) is 0 Å². The van der Waals surface area contributed by atoms with Crippen LogP contribution in [0.5, 0.6) is 0 Å². The van der Waals surface area contributed by atoms with Crippen molar-refractivity contribution in [2.24, 2.45) is 0 Å². The second kappa shape index (κ2) is 12.0. The second-order valence-corrected chi connectivity index (χ2v) is 13.2. The normalized spacial score (nSPS) is 11.4. The lowest BCUT2D eigenvalue weighted by atomic mass is 10.0. The summed E-state index contributed by atoms with van der Waals surface area (Å²) in [4.78, 5) is 5.28. The number of hydrogen-bond donors (Lipinski definition) is 0. The quantitative estimate of drug-likeness (QED) is 0.184. The largest absolute Gasteiger partial charge is 0.309 e. The van der Waals surface area contributed by atoms with E-state index in [1.54, 1.807) is 0 Å². The number of fused-ring (bicyclic) bond motifs is 6. The smallest absolute Gasteiger partial charge is 0.138 e. The molecule has 0 amide bonds. The van der Waals surface area contributed by atoms with Crippen molar-refractivity contribution in [1.82, 2.24) is 14.1 Å². The molecule has 52 heavy (non-hydrogen) atoms. The van der Waals surface area contributed by atoms with E-state index in [0.717, 1.165) is 61.4 Å². The van der Waals surface area contributed by atoms with Crippen molar-refractivity contribution in [2.45, 2.75) is 0 Å². The van der Waals surface area contributed by atoms with Crippen molar-refractivity contribution < 1.29 is 0 Å². The highest BCUT2D eigenvalue weighted by atomic mass is 15.1. The molecule has 10 rings (SSSR count). The predicted octanol–water partition coefficient (Wildman–Crippen LogP) is 12.1. The monoisotopic (exact) mass is 662 g/mol. The van der Waals surface area contributed by atoms with Gasteiger partial charge in [-0.3, -0.25) is 4.57 Å². The molecule has 0 aliphatic carbocycles. The highest BCUT2D eigenvalue weighted by Gasteiger charge is 2.18. The van der Waals surface area contributed by atoms with Gasteiger partial charge in [0.15, 0.2) is 0 Å². The fourth-order valence-corrected chi connectivity index (χ4v) is 7.73. The van der Waals surface area contributed by atoms with Gasteiger partial charge in [-0.2, -0.15) is 5.26 Å². The Morgan fingerprint density at radius 2 is 0.981 bits per heavy atom. The number of aromatic nitrogens is 3. The molecule has 0 radical (unpaired) electrons. The molecule has 0 aliphatic heterocycles. The van der Waals surface area contributed by atoms with E-state index in [2.05, 4.69) is 161 Å². The zero-order valence-electron chi connectivity index (χ0n) is 28.1. The molecule has 3 aromatic heterocycles. The summed E-state index contributed by atoms with van der Waals surface area (Å²) in [7, 11) is 0. The van der Waals surface area contributed by atoms with Gasteiger partial charge in [-0.1, -0.05) is 115 Å². The lowest BCUT2D eigenvalue weighted by Crippen LogP contribution is -2.00. The van der Waals surface area contributed by atoms with Crippen LogP contribution < -0.4 is 0 Å². The van der Waals surface area contributed by atoms with Gasteiger partial charge in [-0.05, 0) is 89.0 Å². The average molecular weight is 663 g/mol. The minimum Gasteiger partial charge on any atom is -0.309 e. The molecule has 242 valence electrons. The zero-order valence-corrected chi connectivity index (χ0v) is 28.1. The first-order valence-electron chi connectivity index (χ1n) is 17.4. The molecule has 4 nitrogen and oxygen atoms in total. The number of nitriles is 1. The van der Waals surface area contributed by atoms with E-state index in [1.807, 2.05) is 36.4 Å². The number of hydrogen-bond acceptors (Lipinski definition) is 2. The van der Waals surface area contributed by atoms with Crippen molar-refractivity contribution in [2.75, 3.05) is 0 Å². The zero-order chi connectivity index (χ0) is 34.6. The molecule has 4 heteroatoms. The Balaban J connectivity index is 1.18. The minimum absolute atomic E-state index is 0.629. The summed E-state index contributed by atoms with van der Waals surface area (Å²) in [6, 6.07) is 66.1. The van der Waals surface area contributed by atoms with Gasteiger partial charge in [0.05, 0.1) is 39.4 Å². The number of benzene rings is 7. The van der Waals surface area contributed by atoms with E-state index in [1.165, 1.54) is 27.2 Å². The summed E-state index contributed by atoms with van der Waals surface area (Å²) < 4.78 is 4.64. The van der Waals surface area contributed by atoms with E-state index in [0.29, 0.717) is 5.56 Å². The third-order valence-electron chi connectivity index (χ3n) is 10.1. The molecular weight excluding hydrogens is 633 g/mol. The Hall–Kier alpha value is -7.22. The molecule has 0 saturated heterocycles. The second-order valence-electron chi connectivity index (χ2n) is 13.2. The highest BCUT2D eigenvalue weighted by molar-refractivity contribution is 6.12. The van der Waals surface area contributed by atoms with Crippen molar-refractivity contribution in [3.05, 3.63) is 188 Å². The predicted molar refractivity (Wildman–Crippen MR) is 214 cm³/mol. The number of nitrogens with zero attached hydrogens (tertiary/aromatic N) is 4. The molecule has 7 aromatic carbocycles. The Bertz CT molecular complexity index is 3020. The van der Waals surface area contributed by atoms with Gasteiger partial charge < -0.3 is 4.57 Å². The van der Waals surface area contributed by atoms with E-state index >= 15 is 0 Å². The lowest BCUT2D eigenvalue weighted by molar-refractivity contribution is 1.08. The van der Waals surface area contributed by atoms with Gasteiger partial charge >= 0.3 is 0 Å². The first-order valence-corrected chi connectivity index (χ1v) is 17.4. The lowest BCUT2D eigenvalue weighted by Gasteiger charge is -2.13. The molecule has 0 saturated carbocycles. The maximum Gasteiger partial charge on any atom is 0.138 e. The number of para-hydroxylation sites is 3. The maximum absolute atomic E-state index is 9.67. The van der Waals surface area contributed by atoms with Crippen molar-refractivity contribution in [1.29, 1.82) is 5.26 Å². The summed E-state index contributed by atoms with van der Waals surface area (Å²) in [5, 5.41) is 14.5. The van der Waals surface area contributed by atoms with Crippen molar-refractivity contribution in [3.63, 3.8) is 0 Å². The average Bonchev–Trinajstić information content (AvgIpc) is 3.73. The summed E-state index contributed by atoms with van der Waals surface area (Å²) in [6.45, 7) is 0. The van der Waals surface area contributed by atoms with Gasteiger partial charge in [0.25, 0.3) is 0 Å². The third kappa shape index (κ3) is 4.80. The fourth-order valence-electron chi connectivity index (χ4n) is 7.73. The molecule has 3 heterocycles. The van der Waals surface area contributed by atoms with E-state index < -0.39 is 0 Å². The fraction of sp³-hybridized carbons (Fsp3) is 0. The SMILES string of the molecule is N#Cc1cccc(-c2cc(-c3ccccc3)nc(-n3c4ccccc4c4cc(-c5ccc6c7ccccc7n(-c7ccccc7)c6c5)ccc43)c2)c1. The minimum atomic E-state index is 0.629. The van der Waals surface area contributed by atoms with Gasteiger partial charge in [-0.15, -0.1) is 0 Å². The molecule has 10 aromatic rings. The molecular formula is C48H30N4. The summed E-state index contributed by atoms with van der Waals surface area (Å²) in [5.41, 5.74) is 12.5. The topological polar surface area (TPSA) is 46.5 Å². The van der Waals surface area contributed by atoms with Crippen LogP contribution in [0.1, 0.15) is 5.56 Å². The molecule has 0 aliphatic rings. The van der Waals surface area contributed by atoms with Crippen LogP contribution in [-0.2, 0) is 0 Å². The van der Waals surface area contributed by atoms with Crippen LogP contribution >= 0.6 is 0 Å². The van der Waals surface area contributed by atoms with Crippen LogP contribution in [0.3, 0.4) is 0 Å². The Labute approximate surface area is 300 Å². The van der Waals surface area contributed by atoms with Gasteiger partial charge in [0.1, 0.15) is 5.82 Å². The molecule has 0 unspecified atom stereocenters. The van der Waals surface area contributed by atoms with Crippen LogP contribution in [0.25, 0.3) is 88.6 Å². The first-order chi connectivity index (χ1) is 25.7. The molecule has 0 atom stereocenters. The highest BCUT2D eigenvalue weighted by Crippen LogP contribution is 2.39. The summed E-state index contributed by atoms with van der Waals surface area (Å²) in [6.07, 6.45) is 0. The van der Waals surface area contributed by atoms with Crippen LogP contribution in [-0.4, -0.2) is 14.1 Å². The van der Waals surface area contributed by atoms with Crippen molar-refractivity contribution >= 4 is 43.6 Å². The summed E-state index contributed by atoms with van der Waals surface area (Å²) >= 11 is 0. The standard InChI is InChI=1S/C48H30N4/c49-31-32-12-11-15-34(26-32)37-28-43(33-13-3-1-4-14-33)50-48(30-37)52-45-21-10-8-19-40(45)42-27-35(23-25-46(42)52)36-22-24-41-39-18-7-9-20-44(39)51(47(41)29-36)38-16-5-2-6-17-38/h1-30H. The van der Waals surface area contributed by atoms with Crippen LogP contribution in [0.2, 0.25) is 0 Å². The Morgan fingerprint density at radius 1 is 0.385 bits per heavy atom. The molecule has 0 fully saturated rings. The van der Waals surface area contributed by atoms with Crippen LogP contribution in [0.15, 0.2) is 182 Å². The molecule has 0 bridgehead atoms. The van der Waals surface area contributed by atoms with Crippen LogP contribution in [0.4, 0.5) is 0 Å². The Morgan fingerprint density at radius 3 is 1.77 bits per heavy atom. The first kappa shape index (κ1) is 29.7. The van der Waals surface area contributed by atoms with Crippen LogP contribution in [0, 0.1) is 11.3 Å². The van der Waals surface area contributed by atoms with Gasteiger partial charge in [0, 0.05) is 32.8 Å². The van der Waals surface area contributed by atoms with Gasteiger partial charge in [-0.25, -0.2) is 4.98 Å². The number of pyridine rings is 1. The molecule has 0 spiro atoms. The maximum atomic E-state index is 9.67. The van der Waals surface area contributed by atoms with E-state index in [-0.39, 0.29) is 0 Å². The number of rotatable bonds is 5. The summed E-state index contributed by atoms with van der Waals surface area (Å²) in [5.74, 6) is 0.825. The van der Waals surface area contributed by atoms with E-state index in [9.17, 15) is 5.26 Å².